The van der Waals surface area contributed by atoms with Crippen LogP contribution < -0.4 is 5.32 Å². The molecule has 0 aliphatic carbocycles. The minimum atomic E-state index is -0.388. The molecule has 2 spiro atoms. The molecule has 0 unspecified atom stereocenters. The van der Waals surface area contributed by atoms with Gasteiger partial charge in [-0.1, -0.05) is 66.7 Å². The van der Waals surface area contributed by atoms with Crippen LogP contribution in [0.1, 0.15) is 63.1 Å². The van der Waals surface area contributed by atoms with Crippen LogP contribution in [0, 0.1) is 0 Å². The summed E-state index contributed by atoms with van der Waals surface area (Å²) in [5.74, 6) is -0.320. The summed E-state index contributed by atoms with van der Waals surface area (Å²) in [6, 6.07) is 26.1. The molecule has 4 aliphatic heterocycles. The van der Waals surface area contributed by atoms with Gasteiger partial charge in [0.15, 0.2) is 0 Å². The number of ether oxygens (including phenoxy) is 2. The maximum absolute atomic E-state index is 12.1. The highest BCUT2D eigenvalue weighted by Gasteiger charge is 2.47. The fourth-order valence-corrected chi connectivity index (χ4v) is 6.18. The van der Waals surface area contributed by atoms with Crippen LogP contribution >= 0.6 is 24.8 Å². The normalized spacial score (nSPS) is 18.5. The molecule has 0 aromatic heterocycles. The second kappa shape index (κ2) is 16.2. The van der Waals surface area contributed by atoms with E-state index in [0.29, 0.717) is 0 Å². The number of piperidine rings is 2. The van der Waals surface area contributed by atoms with Gasteiger partial charge in [-0.3, -0.25) is 10.2 Å². The van der Waals surface area contributed by atoms with Crippen molar-refractivity contribution in [2.75, 3.05) is 33.3 Å². The van der Waals surface area contributed by atoms with Crippen molar-refractivity contribution < 1.29 is 34.7 Å². The number of fused-ring (bicyclic) bond motifs is 4. The Morgan fingerprint density at radius 3 is 1.65 bits per heavy atom. The third-order valence-electron chi connectivity index (χ3n) is 8.18. The first-order valence-corrected chi connectivity index (χ1v) is 13.8. The molecule has 2 saturated heterocycles. The maximum atomic E-state index is 12.1. The summed E-state index contributed by atoms with van der Waals surface area (Å²) < 4.78 is 11.4. The Bertz CT molecular complexity index is 1330. The molecule has 0 bridgehead atoms. The van der Waals surface area contributed by atoms with E-state index in [0.717, 1.165) is 80.7 Å². The van der Waals surface area contributed by atoms with E-state index < -0.39 is 0 Å². The molecule has 43 heavy (non-hydrogen) atoms. The molecule has 4 heterocycles. The predicted octanol–water partition coefficient (Wildman–Crippen LogP) is 4.91. The number of carbonyl (C=O) groups is 2. The largest absolute Gasteiger partial charge is 0.450 e. The lowest BCUT2D eigenvalue weighted by Gasteiger charge is -2.38. The summed E-state index contributed by atoms with van der Waals surface area (Å²) >= 11 is 0. The summed E-state index contributed by atoms with van der Waals surface area (Å²) in [4.78, 5) is 29.5. The van der Waals surface area contributed by atoms with Gasteiger partial charge in [-0.25, -0.2) is 14.5 Å². The Morgan fingerprint density at radius 2 is 1.16 bits per heavy atom. The topological polar surface area (TPSA) is 129 Å². The molecule has 0 atom stereocenters. The zero-order chi connectivity index (χ0) is 28.0. The van der Waals surface area contributed by atoms with Crippen LogP contribution in [0.3, 0.4) is 0 Å². The molecule has 3 aromatic rings. The van der Waals surface area contributed by atoms with Crippen LogP contribution in [-0.2, 0) is 32.1 Å². The third-order valence-corrected chi connectivity index (χ3v) is 8.18. The van der Waals surface area contributed by atoms with Crippen LogP contribution in [0.4, 0.5) is 0 Å². The lowest BCUT2D eigenvalue weighted by Crippen LogP contribution is -2.42. The fourth-order valence-electron chi connectivity index (χ4n) is 6.18. The highest BCUT2D eigenvalue weighted by atomic mass is 35.5. The number of hydrogen-bond acceptors (Lipinski definition) is 8. The van der Waals surface area contributed by atoms with E-state index in [1.54, 1.807) is 0 Å². The third kappa shape index (κ3) is 7.74. The number of esters is 2. The number of hydrogen-bond donors (Lipinski definition) is 2. The molecule has 7 rings (SSSR count). The molecule has 0 saturated carbocycles. The Hall–Kier alpha value is -3.02. The molecule has 2 fully saturated rings. The second-order valence-electron chi connectivity index (χ2n) is 10.6. The van der Waals surface area contributed by atoms with Crippen LogP contribution in [-0.4, -0.2) is 60.9 Å². The van der Waals surface area contributed by atoms with Crippen molar-refractivity contribution in [2.45, 2.75) is 43.4 Å². The number of halogens is 2. The molecule has 0 radical (unpaired) electrons. The minimum absolute atomic E-state index is 0. The van der Waals surface area contributed by atoms with Gasteiger partial charge in [0.1, 0.15) is 11.2 Å². The number of nitrogens with zero attached hydrogens (tertiary/aromatic N) is 1. The number of likely N-dealkylation sites (tertiary alicyclic amines) is 1. The van der Waals surface area contributed by atoms with E-state index in [9.17, 15) is 9.59 Å². The quantitative estimate of drug-likeness (QED) is 0.231. The molecule has 9 nitrogen and oxygen atoms in total. The smallest absolute Gasteiger partial charge is 0.339 e. The average molecular weight is 636 g/mol. The Morgan fingerprint density at radius 1 is 0.744 bits per heavy atom. The van der Waals surface area contributed by atoms with E-state index in [1.807, 2.05) is 54.6 Å². The van der Waals surface area contributed by atoms with E-state index in [-0.39, 0.29) is 53.4 Å². The van der Waals surface area contributed by atoms with Gasteiger partial charge >= 0.3 is 11.9 Å². The standard InChI is InChI=1S/C19H19NO2.C12H13NO2.CH4O2.2ClH.H2O/c21-18-16-8-4-5-9-17(16)19(22-18)10-12-20(13-11-19)14-15-6-2-1-3-7-15;14-11-9-3-1-2-4-10(9)12(15-11)5-7-13-8-6-12;1-3-2;;;/h1-9H,10-14H2;1-4,13H,5-8H2;2H,1H3;2*1H;1H2. The van der Waals surface area contributed by atoms with E-state index in [4.69, 9.17) is 14.7 Å². The van der Waals surface area contributed by atoms with Crippen molar-refractivity contribution in [3.05, 3.63) is 107 Å². The molecular weight excluding hydrogens is 595 g/mol. The number of benzene rings is 3. The zero-order valence-electron chi connectivity index (χ0n) is 24.1. The maximum Gasteiger partial charge on any atom is 0.339 e. The Balaban J connectivity index is 0.000000271. The number of rotatable bonds is 2. The highest BCUT2D eigenvalue weighted by Crippen LogP contribution is 2.44. The van der Waals surface area contributed by atoms with Crippen LogP contribution in [0.15, 0.2) is 78.9 Å². The fraction of sp³-hybridized carbons (Fsp3) is 0.375. The van der Waals surface area contributed by atoms with Crippen molar-refractivity contribution in [2.24, 2.45) is 0 Å². The zero-order valence-corrected chi connectivity index (χ0v) is 25.8. The van der Waals surface area contributed by atoms with Gasteiger partial charge in [-0.05, 0) is 30.8 Å². The Kier molecular flexibility index (Phi) is 13.6. The SMILES string of the molecule is COO.Cl.Cl.O.O=C1OC2(CCN(Cc3ccccc3)CC2)c2ccccc21.O=C1OC2(CCNCC2)c2ccccc21. The molecule has 3 aromatic carbocycles. The van der Waals surface area contributed by atoms with Crippen molar-refractivity contribution in [3.8, 4) is 0 Å². The second-order valence-corrected chi connectivity index (χ2v) is 10.6. The van der Waals surface area contributed by atoms with Gasteiger partial charge in [0.25, 0.3) is 0 Å². The van der Waals surface area contributed by atoms with Crippen molar-refractivity contribution in [3.63, 3.8) is 0 Å². The van der Waals surface area contributed by atoms with Gasteiger partial charge in [-0.2, -0.15) is 0 Å². The molecule has 4 N–H and O–H groups in total. The number of nitrogens with one attached hydrogen (secondary N) is 1. The minimum Gasteiger partial charge on any atom is -0.450 e. The summed E-state index contributed by atoms with van der Waals surface area (Å²) in [6.45, 7) is 4.71. The van der Waals surface area contributed by atoms with Gasteiger partial charge in [0.2, 0.25) is 0 Å². The summed E-state index contributed by atoms with van der Waals surface area (Å²) in [5.41, 5.74) is 4.27. The molecular formula is C32H40Cl2N2O7. The van der Waals surface area contributed by atoms with E-state index in [2.05, 4.69) is 39.4 Å². The van der Waals surface area contributed by atoms with Crippen molar-refractivity contribution >= 4 is 36.8 Å². The average Bonchev–Trinajstić information content (AvgIpc) is 3.42. The summed E-state index contributed by atoms with van der Waals surface area (Å²) in [5, 5.41) is 10.4. The monoisotopic (exact) mass is 634 g/mol. The van der Waals surface area contributed by atoms with Crippen LogP contribution in [0.25, 0.3) is 0 Å². The molecule has 0 amide bonds. The number of carbonyl (C=O) groups excluding carboxylic acids is 2. The van der Waals surface area contributed by atoms with Gasteiger partial charge in [0, 0.05) is 56.4 Å². The molecule has 11 heteroatoms. The summed E-state index contributed by atoms with van der Waals surface area (Å²) in [7, 11) is 1.18. The first kappa shape index (κ1) is 36.2. The van der Waals surface area contributed by atoms with Gasteiger partial charge in [0.05, 0.1) is 18.2 Å². The predicted molar refractivity (Wildman–Crippen MR) is 168 cm³/mol. The summed E-state index contributed by atoms with van der Waals surface area (Å²) in [6.07, 6.45) is 3.52. The van der Waals surface area contributed by atoms with Crippen LogP contribution in [0.2, 0.25) is 0 Å². The lowest BCUT2D eigenvalue weighted by atomic mass is 9.83. The van der Waals surface area contributed by atoms with Crippen LogP contribution in [0.5, 0.6) is 0 Å². The van der Waals surface area contributed by atoms with Crippen molar-refractivity contribution in [1.82, 2.24) is 10.2 Å². The van der Waals surface area contributed by atoms with E-state index in [1.165, 1.54) is 12.7 Å². The highest BCUT2D eigenvalue weighted by molar-refractivity contribution is 5.95. The first-order chi connectivity index (χ1) is 19.5. The molecule has 4 aliphatic rings. The van der Waals surface area contributed by atoms with Gasteiger partial charge in [-0.15, -0.1) is 24.8 Å². The lowest BCUT2D eigenvalue weighted by molar-refractivity contribution is -0.214. The van der Waals surface area contributed by atoms with Gasteiger partial charge < -0.3 is 20.3 Å². The first-order valence-electron chi connectivity index (χ1n) is 13.8. The Labute approximate surface area is 264 Å². The van der Waals surface area contributed by atoms with E-state index >= 15 is 0 Å². The molecule has 234 valence electrons. The van der Waals surface area contributed by atoms with Crippen molar-refractivity contribution in [1.29, 1.82) is 0 Å².